The number of carbonyl (C=O) groups is 1. The third-order valence-electron chi connectivity index (χ3n) is 3.15. The first-order chi connectivity index (χ1) is 9.42. The Hall–Kier alpha value is -1.61. The predicted octanol–water partition coefficient (Wildman–Crippen LogP) is 3.16. The van der Waals surface area contributed by atoms with Crippen LogP contribution in [-0.4, -0.2) is 29.6 Å². The first-order valence-corrected chi connectivity index (χ1v) is 7.11. The van der Waals surface area contributed by atoms with Crippen molar-refractivity contribution in [1.82, 2.24) is 4.90 Å². The van der Waals surface area contributed by atoms with Crippen LogP contribution in [0.2, 0.25) is 0 Å². The van der Waals surface area contributed by atoms with E-state index in [1.54, 1.807) is 6.08 Å². The maximum absolute atomic E-state index is 11.8. The summed E-state index contributed by atoms with van der Waals surface area (Å²) in [4.78, 5) is 14.1. The topological polar surface area (TPSA) is 29.5 Å². The minimum atomic E-state index is -0.420. The maximum atomic E-state index is 11.8. The lowest BCUT2D eigenvalue weighted by atomic mass is 10.2. The zero-order valence-corrected chi connectivity index (χ0v) is 12.6. The van der Waals surface area contributed by atoms with E-state index in [0.717, 1.165) is 31.6 Å². The average molecular weight is 273 g/mol. The standard InChI is InChI=1S/C17H23NO2/c1-17(2,3)20-16(19)11-15-9-10-18(13-15)12-14-7-5-4-6-8-14/h4-8,11H,9-10,12-13H2,1-3H3/b15-11+. The SMILES string of the molecule is CC(C)(C)OC(=O)/C=C1\CCN(Cc2ccccc2)C1. The molecule has 20 heavy (non-hydrogen) atoms. The lowest BCUT2D eigenvalue weighted by Crippen LogP contribution is -2.23. The van der Waals surface area contributed by atoms with Gasteiger partial charge in [0.2, 0.25) is 0 Å². The molecular weight excluding hydrogens is 250 g/mol. The summed E-state index contributed by atoms with van der Waals surface area (Å²) < 4.78 is 5.32. The lowest BCUT2D eigenvalue weighted by molar-refractivity contribution is -0.148. The van der Waals surface area contributed by atoms with Gasteiger partial charge in [-0.1, -0.05) is 30.3 Å². The van der Waals surface area contributed by atoms with Crippen molar-refractivity contribution in [1.29, 1.82) is 0 Å². The largest absolute Gasteiger partial charge is 0.457 e. The van der Waals surface area contributed by atoms with Crippen molar-refractivity contribution in [2.24, 2.45) is 0 Å². The van der Waals surface area contributed by atoms with Crippen molar-refractivity contribution in [2.45, 2.75) is 39.3 Å². The van der Waals surface area contributed by atoms with Crippen LogP contribution >= 0.6 is 0 Å². The van der Waals surface area contributed by atoms with Gasteiger partial charge >= 0.3 is 5.97 Å². The lowest BCUT2D eigenvalue weighted by Gasteiger charge is -2.18. The van der Waals surface area contributed by atoms with Crippen LogP contribution in [0.4, 0.5) is 0 Å². The van der Waals surface area contributed by atoms with E-state index in [0.29, 0.717) is 0 Å². The van der Waals surface area contributed by atoms with Crippen molar-refractivity contribution in [2.75, 3.05) is 13.1 Å². The van der Waals surface area contributed by atoms with Gasteiger partial charge in [-0.15, -0.1) is 0 Å². The van der Waals surface area contributed by atoms with Gasteiger partial charge < -0.3 is 4.74 Å². The molecule has 1 fully saturated rings. The Morgan fingerprint density at radius 1 is 1.30 bits per heavy atom. The summed E-state index contributed by atoms with van der Waals surface area (Å²) in [6, 6.07) is 10.4. The summed E-state index contributed by atoms with van der Waals surface area (Å²) in [5.41, 5.74) is 2.05. The predicted molar refractivity (Wildman–Crippen MR) is 80.3 cm³/mol. The van der Waals surface area contributed by atoms with Crippen molar-refractivity contribution in [3.05, 3.63) is 47.5 Å². The van der Waals surface area contributed by atoms with E-state index in [9.17, 15) is 4.79 Å². The number of rotatable bonds is 3. The first kappa shape index (κ1) is 14.8. The van der Waals surface area contributed by atoms with Gasteiger partial charge in [-0.3, -0.25) is 4.90 Å². The molecule has 0 aromatic heterocycles. The minimum absolute atomic E-state index is 0.228. The second kappa shape index (κ2) is 6.23. The summed E-state index contributed by atoms with van der Waals surface area (Å²) in [6.07, 6.45) is 2.61. The van der Waals surface area contributed by atoms with Crippen molar-refractivity contribution < 1.29 is 9.53 Å². The number of nitrogens with zero attached hydrogens (tertiary/aromatic N) is 1. The Balaban J connectivity index is 1.87. The van der Waals surface area contributed by atoms with Crippen molar-refractivity contribution in [3.63, 3.8) is 0 Å². The molecular formula is C17H23NO2. The molecule has 0 atom stereocenters. The molecule has 1 aromatic rings. The normalized spacial score (nSPS) is 18.4. The molecule has 0 unspecified atom stereocenters. The third-order valence-corrected chi connectivity index (χ3v) is 3.15. The van der Waals surface area contributed by atoms with Crippen molar-refractivity contribution in [3.8, 4) is 0 Å². The van der Waals surface area contributed by atoms with Crippen LogP contribution in [0.3, 0.4) is 0 Å². The van der Waals surface area contributed by atoms with Crippen LogP contribution in [0.5, 0.6) is 0 Å². The van der Waals surface area contributed by atoms with E-state index in [4.69, 9.17) is 4.74 Å². The summed E-state index contributed by atoms with van der Waals surface area (Å²) in [7, 11) is 0. The van der Waals surface area contributed by atoms with E-state index in [-0.39, 0.29) is 5.97 Å². The molecule has 1 saturated heterocycles. The quantitative estimate of drug-likeness (QED) is 0.626. The number of hydrogen-bond donors (Lipinski definition) is 0. The molecule has 3 heteroatoms. The van der Waals surface area contributed by atoms with Gasteiger partial charge in [0.05, 0.1) is 0 Å². The van der Waals surface area contributed by atoms with Crippen LogP contribution in [0.15, 0.2) is 42.0 Å². The third kappa shape index (κ3) is 4.82. The summed E-state index contributed by atoms with van der Waals surface area (Å²) in [5.74, 6) is -0.228. The monoisotopic (exact) mass is 273 g/mol. The van der Waals surface area contributed by atoms with E-state index in [2.05, 4.69) is 29.2 Å². The van der Waals surface area contributed by atoms with Crippen LogP contribution < -0.4 is 0 Å². The molecule has 3 nitrogen and oxygen atoms in total. The second-order valence-corrected chi connectivity index (χ2v) is 6.28. The fourth-order valence-electron chi connectivity index (χ4n) is 2.34. The van der Waals surface area contributed by atoms with E-state index < -0.39 is 5.60 Å². The van der Waals surface area contributed by atoms with Gasteiger partial charge in [0.15, 0.2) is 0 Å². The molecule has 0 amide bonds. The molecule has 1 aliphatic rings. The molecule has 1 aliphatic heterocycles. The fourth-order valence-corrected chi connectivity index (χ4v) is 2.34. The van der Waals surface area contributed by atoms with Gasteiger partial charge in [0.25, 0.3) is 0 Å². The Kier molecular flexibility index (Phi) is 4.61. The highest BCUT2D eigenvalue weighted by Gasteiger charge is 2.20. The zero-order chi connectivity index (χ0) is 14.6. The van der Waals surface area contributed by atoms with Crippen LogP contribution in [-0.2, 0) is 16.1 Å². The average Bonchev–Trinajstić information content (AvgIpc) is 2.75. The summed E-state index contributed by atoms with van der Waals surface area (Å²) in [6.45, 7) is 8.46. The van der Waals surface area contributed by atoms with E-state index in [1.807, 2.05) is 26.8 Å². The molecule has 0 bridgehead atoms. The molecule has 0 spiro atoms. The van der Waals surface area contributed by atoms with Crippen LogP contribution in [0.1, 0.15) is 32.8 Å². The van der Waals surface area contributed by atoms with Gasteiger partial charge in [-0.05, 0) is 38.3 Å². The Morgan fingerprint density at radius 2 is 2.00 bits per heavy atom. The van der Waals surface area contributed by atoms with Gasteiger partial charge in [0.1, 0.15) is 5.60 Å². The molecule has 0 saturated carbocycles. The van der Waals surface area contributed by atoms with E-state index >= 15 is 0 Å². The highest BCUT2D eigenvalue weighted by Crippen LogP contribution is 2.18. The fraction of sp³-hybridized carbons (Fsp3) is 0.471. The van der Waals surface area contributed by atoms with Crippen molar-refractivity contribution >= 4 is 5.97 Å². The van der Waals surface area contributed by atoms with Gasteiger partial charge in [0, 0.05) is 25.7 Å². The summed E-state index contributed by atoms with van der Waals surface area (Å²) >= 11 is 0. The molecule has 0 radical (unpaired) electrons. The zero-order valence-electron chi connectivity index (χ0n) is 12.6. The number of benzene rings is 1. The van der Waals surface area contributed by atoms with Crippen LogP contribution in [0, 0.1) is 0 Å². The molecule has 0 N–H and O–H groups in total. The highest BCUT2D eigenvalue weighted by atomic mass is 16.6. The number of likely N-dealkylation sites (tertiary alicyclic amines) is 1. The Bertz CT molecular complexity index is 485. The minimum Gasteiger partial charge on any atom is -0.457 e. The summed E-state index contributed by atoms with van der Waals surface area (Å²) in [5, 5.41) is 0. The Morgan fingerprint density at radius 3 is 2.65 bits per heavy atom. The second-order valence-electron chi connectivity index (χ2n) is 6.28. The number of esters is 1. The smallest absolute Gasteiger partial charge is 0.331 e. The Labute approximate surface area is 121 Å². The number of ether oxygens (including phenoxy) is 1. The van der Waals surface area contributed by atoms with E-state index in [1.165, 1.54) is 5.56 Å². The first-order valence-electron chi connectivity index (χ1n) is 7.11. The van der Waals surface area contributed by atoms with Gasteiger partial charge in [-0.25, -0.2) is 4.79 Å². The molecule has 0 aliphatic carbocycles. The molecule has 1 aromatic carbocycles. The molecule has 2 rings (SSSR count). The maximum Gasteiger partial charge on any atom is 0.331 e. The highest BCUT2D eigenvalue weighted by molar-refractivity contribution is 5.83. The number of hydrogen-bond acceptors (Lipinski definition) is 3. The number of carbonyl (C=O) groups excluding carboxylic acids is 1. The molecule has 108 valence electrons. The molecule has 1 heterocycles. The van der Waals surface area contributed by atoms with Gasteiger partial charge in [-0.2, -0.15) is 0 Å². The van der Waals surface area contributed by atoms with Crippen LogP contribution in [0.25, 0.3) is 0 Å².